The molecule has 0 spiro atoms. The molecule has 4 N–H and O–H groups in total. The van der Waals surface area contributed by atoms with Gasteiger partial charge in [-0.15, -0.1) is 0 Å². The molecule has 0 saturated carbocycles. The van der Waals surface area contributed by atoms with Gasteiger partial charge in [-0.1, -0.05) is 12.1 Å². The summed E-state index contributed by atoms with van der Waals surface area (Å²) in [5.74, 6) is 0.657. The number of aromatic nitrogens is 4. The number of hydrogen-bond donors (Lipinski definition) is 3. The third-order valence-electron chi connectivity index (χ3n) is 2.96. The SMILES string of the molecule is NS(=O)(=O)c1ccc(CNc2ncnc3[nH]ncc23)cc1. The lowest BCUT2D eigenvalue weighted by Gasteiger charge is -2.06. The van der Waals surface area contributed by atoms with Crippen LogP contribution in [0.15, 0.2) is 41.7 Å². The van der Waals surface area contributed by atoms with Crippen LogP contribution < -0.4 is 10.5 Å². The van der Waals surface area contributed by atoms with Crippen LogP contribution >= 0.6 is 0 Å². The lowest BCUT2D eigenvalue weighted by Crippen LogP contribution is -2.12. The van der Waals surface area contributed by atoms with E-state index in [1.165, 1.54) is 18.5 Å². The number of H-pyrrole nitrogens is 1. The van der Waals surface area contributed by atoms with Crippen molar-refractivity contribution in [2.75, 3.05) is 5.32 Å². The first-order valence-electron chi connectivity index (χ1n) is 6.04. The van der Waals surface area contributed by atoms with Crippen LogP contribution in [0.2, 0.25) is 0 Å². The van der Waals surface area contributed by atoms with Gasteiger partial charge in [0.25, 0.3) is 0 Å². The minimum Gasteiger partial charge on any atom is -0.365 e. The molecule has 8 nitrogen and oxygen atoms in total. The average Bonchev–Trinajstić information content (AvgIpc) is 2.93. The largest absolute Gasteiger partial charge is 0.365 e. The second kappa shape index (κ2) is 5.11. The molecule has 0 bridgehead atoms. The van der Waals surface area contributed by atoms with Crippen molar-refractivity contribution in [3.8, 4) is 0 Å². The van der Waals surface area contributed by atoms with Gasteiger partial charge in [0, 0.05) is 6.54 Å². The molecule has 0 amide bonds. The Bertz CT molecular complexity index is 872. The number of primary sulfonamides is 1. The summed E-state index contributed by atoms with van der Waals surface area (Å²) in [5.41, 5.74) is 1.55. The molecule has 3 aromatic rings. The van der Waals surface area contributed by atoms with Crippen molar-refractivity contribution in [1.29, 1.82) is 0 Å². The number of nitrogens with one attached hydrogen (secondary N) is 2. The summed E-state index contributed by atoms with van der Waals surface area (Å²) < 4.78 is 22.4. The average molecular weight is 304 g/mol. The van der Waals surface area contributed by atoms with Crippen molar-refractivity contribution in [3.05, 3.63) is 42.4 Å². The molecule has 2 heterocycles. The first-order chi connectivity index (χ1) is 10.0. The molecule has 3 rings (SSSR count). The van der Waals surface area contributed by atoms with Gasteiger partial charge in [-0.2, -0.15) is 5.10 Å². The Morgan fingerprint density at radius 1 is 1.19 bits per heavy atom. The van der Waals surface area contributed by atoms with Crippen molar-refractivity contribution in [3.63, 3.8) is 0 Å². The van der Waals surface area contributed by atoms with Crippen LogP contribution in [0.25, 0.3) is 11.0 Å². The highest BCUT2D eigenvalue weighted by molar-refractivity contribution is 7.89. The van der Waals surface area contributed by atoms with Gasteiger partial charge < -0.3 is 5.32 Å². The van der Waals surface area contributed by atoms with E-state index in [9.17, 15) is 8.42 Å². The van der Waals surface area contributed by atoms with E-state index in [1.54, 1.807) is 18.3 Å². The van der Waals surface area contributed by atoms with E-state index in [0.717, 1.165) is 10.9 Å². The number of nitrogens with two attached hydrogens (primary N) is 1. The molecular formula is C12H12N6O2S. The molecule has 0 aliphatic heterocycles. The molecule has 0 saturated heterocycles. The summed E-state index contributed by atoms with van der Waals surface area (Å²) in [5, 5.41) is 15.7. The first kappa shape index (κ1) is 13.5. The third-order valence-corrected chi connectivity index (χ3v) is 3.89. The standard InChI is InChI=1S/C12H12N6O2S/c13-21(19,20)9-3-1-8(2-4-9)5-14-11-10-6-17-18-12(10)16-7-15-11/h1-4,6-7H,5H2,(H2,13,19,20)(H2,14,15,16,17,18). The number of aromatic amines is 1. The zero-order valence-corrected chi connectivity index (χ0v) is 11.6. The smallest absolute Gasteiger partial charge is 0.238 e. The molecule has 21 heavy (non-hydrogen) atoms. The van der Waals surface area contributed by atoms with E-state index in [0.29, 0.717) is 18.0 Å². The van der Waals surface area contributed by atoms with Crippen LogP contribution in [0.5, 0.6) is 0 Å². The van der Waals surface area contributed by atoms with E-state index in [-0.39, 0.29) is 4.90 Å². The summed E-state index contributed by atoms with van der Waals surface area (Å²) >= 11 is 0. The van der Waals surface area contributed by atoms with E-state index in [4.69, 9.17) is 5.14 Å². The van der Waals surface area contributed by atoms with Crippen LogP contribution in [0, 0.1) is 0 Å². The maximum Gasteiger partial charge on any atom is 0.238 e. The summed E-state index contributed by atoms with van der Waals surface area (Å²) in [6, 6.07) is 6.33. The Kier molecular flexibility index (Phi) is 3.28. The Morgan fingerprint density at radius 3 is 2.67 bits per heavy atom. The number of sulfonamides is 1. The van der Waals surface area contributed by atoms with Gasteiger partial charge in [-0.25, -0.2) is 23.5 Å². The third kappa shape index (κ3) is 2.83. The molecular weight excluding hydrogens is 292 g/mol. The lowest BCUT2D eigenvalue weighted by molar-refractivity contribution is 0.598. The quantitative estimate of drug-likeness (QED) is 0.648. The topological polar surface area (TPSA) is 127 Å². The molecule has 0 radical (unpaired) electrons. The Morgan fingerprint density at radius 2 is 1.95 bits per heavy atom. The first-order valence-corrected chi connectivity index (χ1v) is 7.58. The van der Waals surface area contributed by atoms with Gasteiger partial charge in [0.2, 0.25) is 10.0 Å². The maximum absolute atomic E-state index is 11.2. The maximum atomic E-state index is 11.2. The summed E-state index contributed by atoms with van der Waals surface area (Å²) in [6.45, 7) is 0.488. The van der Waals surface area contributed by atoms with Gasteiger partial charge in [0.1, 0.15) is 12.1 Å². The Hall–Kier alpha value is -2.52. The van der Waals surface area contributed by atoms with Crippen molar-refractivity contribution in [2.45, 2.75) is 11.4 Å². The van der Waals surface area contributed by atoms with E-state index in [1.807, 2.05) is 0 Å². The van der Waals surface area contributed by atoms with Gasteiger partial charge in [-0.3, -0.25) is 5.10 Å². The lowest BCUT2D eigenvalue weighted by atomic mass is 10.2. The van der Waals surface area contributed by atoms with Crippen LogP contribution in [-0.4, -0.2) is 28.6 Å². The Balaban J connectivity index is 1.77. The highest BCUT2D eigenvalue weighted by Gasteiger charge is 2.08. The second-order valence-corrected chi connectivity index (χ2v) is 5.96. The summed E-state index contributed by atoms with van der Waals surface area (Å²) in [7, 11) is -3.66. The number of benzene rings is 1. The number of nitrogens with zero attached hydrogens (tertiary/aromatic N) is 3. The van der Waals surface area contributed by atoms with Gasteiger partial charge in [-0.05, 0) is 17.7 Å². The van der Waals surface area contributed by atoms with Gasteiger partial charge >= 0.3 is 0 Å². The van der Waals surface area contributed by atoms with Crippen molar-refractivity contribution >= 4 is 26.9 Å². The van der Waals surface area contributed by atoms with E-state index in [2.05, 4.69) is 25.5 Å². The number of hydrogen-bond acceptors (Lipinski definition) is 6. The zero-order chi connectivity index (χ0) is 14.9. The molecule has 1 aromatic carbocycles. The predicted octanol–water partition coefficient (Wildman–Crippen LogP) is 0.612. The van der Waals surface area contributed by atoms with Crippen LogP contribution in [0.3, 0.4) is 0 Å². The van der Waals surface area contributed by atoms with Crippen molar-refractivity contribution in [2.24, 2.45) is 5.14 Å². The molecule has 0 fully saturated rings. The predicted molar refractivity (Wildman–Crippen MR) is 76.8 cm³/mol. The molecule has 108 valence electrons. The zero-order valence-electron chi connectivity index (χ0n) is 10.8. The fourth-order valence-corrected chi connectivity index (χ4v) is 2.40. The molecule has 0 atom stereocenters. The highest BCUT2D eigenvalue weighted by Crippen LogP contribution is 2.17. The molecule has 0 aliphatic rings. The summed E-state index contributed by atoms with van der Waals surface area (Å²) in [6.07, 6.45) is 3.08. The van der Waals surface area contributed by atoms with Crippen LogP contribution in [0.4, 0.5) is 5.82 Å². The molecule has 0 unspecified atom stereocenters. The van der Waals surface area contributed by atoms with E-state index < -0.39 is 10.0 Å². The number of anilines is 1. The molecule has 0 aliphatic carbocycles. The molecule has 9 heteroatoms. The highest BCUT2D eigenvalue weighted by atomic mass is 32.2. The minimum atomic E-state index is -3.66. The fraction of sp³-hybridized carbons (Fsp3) is 0.0833. The van der Waals surface area contributed by atoms with E-state index >= 15 is 0 Å². The summed E-state index contributed by atoms with van der Waals surface area (Å²) in [4.78, 5) is 8.29. The fourth-order valence-electron chi connectivity index (χ4n) is 1.89. The Labute approximate surface area is 120 Å². The molecule has 2 aromatic heterocycles. The van der Waals surface area contributed by atoms with Gasteiger partial charge in [0.05, 0.1) is 16.5 Å². The van der Waals surface area contributed by atoms with Crippen LogP contribution in [0.1, 0.15) is 5.56 Å². The van der Waals surface area contributed by atoms with Gasteiger partial charge in [0.15, 0.2) is 5.65 Å². The second-order valence-electron chi connectivity index (χ2n) is 4.40. The number of fused-ring (bicyclic) bond motifs is 1. The monoisotopic (exact) mass is 304 g/mol. The minimum absolute atomic E-state index is 0.0884. The van der Waals surface area contributed by atoms with Crippen molar-refractivity contribution < 1.29 is 8.42 Å². The van der Waals surface area contributed by atoms with Crippen molar-refractivity contribution in [1.82, 2.24) is 20.2 Å². The normalized spacial score (nSPS) is 11.7. The van der Waals surface area contributed by atoms with Crippen LogP contribution in [-0.2, 0) is 16.6 Å². The number of rotatable bonds is 4.